The third kappa shape index (κ3) is 3.03. The molecule has 2 fully saturated rings. The van der Waals surface area contributed by atoms with Crippen LogP contribution in [-0.2, 0) is 16.1 Å². The van der Waals surface area contributed by atoms with E-state index >= 15 is 0 Å². The molecule has 120 valence electrons. The molecule has 2 heterocycles. The molecule has 1 aromatic heterocycles. The molecule has 1 aromatic rings. The summed E-state index contributed by atoms with van der Waals surface area (Å²) < 4.78 is 0. The van der Waals surface area contributed by atoms with Gasteiger partial charge in [0.05, 0.1) is 13.2 Å². The molecule has 22 heavy (non-hydrogen) atoms. The number of rotatable bonds is 6. The van der Waals surface area contributed by atoms with Gasteiger partial charge in [-0.1, -0.05) is 12.5 Å². The van der Waals surface area contributed by atoms with Gasteiger partial charge in [0, 0.05) is 23.3 Å². The first-order chi connectivity index (χ1) is 10.6. The van der Waals surface area contributed by atoms with Crippen LogP contribution in [0.1, 0.15) is 37.0 Å². The Morgan fingerprint density at radius 2 is 2.32 bits per heavy atom. The van der Waals surface area contributed by atoms with Crippen molar-refractivity contribution in [1.82, 2.24) is 10.2 Å². The molecular formula is C16H22N2O3S. The smallest absolute Gasteiger partial charge is 0.242 e. The van der Waals surface area contributed by atoms with Crippen molar-refractivity contribution in [2.24, 2.45) is 5.41 Å². The molecule has 5 nitrogen and oxygen atoms in total. The van der Waals surface area contributed by atoms with Crippen molar-refractivity contribution in [1.29, 1.82) is 0 Å². The molecule has 0 radical (unpaired) electrons. The van der Waals surface area contributed by atoms with Gasteiger partial charge in [-0.3, -0.25) is 9.59 Å². The fourth-order valence-corrected chi connectivity index (χ4v) is 3.94. The molecule has 2 amide bonds. The van der Waals surface area contributed by atoms with Crippen LogP contribution >= 0.6 is 11.3 Å². The summed E-state index contributed by atoms with van der Waals surface area (Å²) in [5, 5.41) is 14.4. The van der Waals surface area contributed by atoms with E-state index in [4.69, 9.17) is 0 Å². The summed E-state index contributed by atoms with van der Waals surface area (Å²) in [5.41, 5.74) is -0.128. The molecule has 1 atom stereocenters. The molecule has 3 rings (SSSR count). The van der Waals surface area contributed by atoms with E-state index in [1.165, 1.54) is 0 Å². The van der Waals surface area contributed by atoms with Crippen LogP contribution in [0.5, 0.6) is 0 Å². The second-order valence-electron chi connectivity index (χ2n) is 6.38. The summed E-state index contributed by atoms with van der Waals surface area (Å²) in [6.07, 6.45) is 4.07. The van der Waals surface area contributed by atoms with Crippen molar-refractivity contribution in [3.05, 3.63) is 22.4 Å². The molecule has 1 saturated heterocycles. The van der Waals surface area contributed by atoms with Gasteiger partial charge in [0.1, 0.15) is 6.04 Å². The number of hydrogen-bond acceptors (Lipinski definition) is 4. The van der Waals surface area contributed by atoms with Gasteiger partial charge < -0.3 is 15.3 Å². The Kier molecular flexibility index (Phi) is 4.49. The largest absolute Gasteiger partial charge is 0.396 e. The maximum Gasteiger partial charge on any atom is 0.242 e. The predicted molar refractivity (Wildman–Crippen MR) is 84.3 cm³/mol. The van der Waals surface area contributed by atoms with Gasteiger partial charge in [-0.05, 0) is 30.7 Å². The Morgan fingerprint density at radius 3 is 2.91 bits per heavy atom. The zero-order valence-electron chi connectivity index (χ0n) is 12.6. The van der Waals surface area contributed by atoms with Gasteiger partial charge in [-0.2, -0.15) is 0 Å². The van der Waals surface area contributed by atoms with E-state index < -0.39 is 0 Å². The standard InChI is InChI=1S/C16H22N2O3S/c19-11-16(6-2-7-16)10-17-15(21)13-4-5-14(20)18(13)9-12-3-1-8-22-12/h1,3,8,13,19H,2,4-7,9-11H2,(H,17,21). The van der Waals surface area contributed by atoms with Gasteiger partial charge in [0.25, 0.3) is 0 Å². The number of carbonyl (C=O) groups is 2. The molecular weight excluding hydrogens is 300 g/mol. The lowest BCUT2D eigenvalue weighted by atomic mass is 9.69. The quantitative estimate of drug-likeness (QED) is 0.834. The lowest BCUT2D eigenvalue weighted by Crippen LogP contribution is -2.50. The van der Waals surface area contributed by atoms with E-state index in [9.17, 15) is 14.7 Å². The first kappa shape index (κ1) is 15.5. The molecule has 2 N–H and O–H groups in total. The third-order valence-electron chi connectivity index (χ3n) is 4.92. The number of amides is 2. The van der Waals surface area contributed by atoms with Crippen LogP contribution < -0.4 is 5.32 Å². The maximum absolute atomic E-state index is 12.4. The molecule has 1 aliphatic heterocycles. The van der Waals surface area contributed by atoms with Gasteiger partial charge >= 0.3 is 0 Å². The molecule has 1 saturated carbocycles. The molecule has 6 heteroatoms. The maximum atomic E-state index is 12.4. The summed E-state index contributed by atoms with van der Waals surface area (Å²) in [4.78, 5) is 27.3. The highest BCUT2D eigenvalue weighted by atomic mass is 32.1. The van der Waals surface area contributed by atoms with E-state index in [2.05, 4.69) is 5.32 Å². The molecule has 0 aromatic carbocycles. The molecule has 1 unspecified atom stereocenters. The minimum absolute atomic E-state index is 0.0501. The lowest BCUT2D eigenvalue weighted by molar-refractivity contribution is -0.136. The van der Waals surface area contributed by atoms with Crippen LogP contribution in [0.4, 0.5) is 0 Å². The minimum Gasteiger partial charge on any atom is -0.396 e. The predicted octanol–water partition coefficient (Wildman–Crippen LogP) is 1.52. The normalized spacial score (nSPS) is 23.4. The number of hydrogen-bond donors (Lipinski definition) is 2. The van der Waals surface area contributed by atoms with Crippen LogP contribution in [-0.4, -0.2) is 41.0 Å². The lowest BCUT2D eigenvalue weighted by Gasteiger charge is -2.40. The van der Waals surface area contributed by atoms with Crippen molar-refractivity contribution in [3.8, 4) is 0 Å². The van der Waals surface area contributed by atoms with Crippen molar-refractivity contribution < 1.29 is 14.7 Å². The number of carbonyl (C=O) groups excluding carboxylic acids is 2. The highest BCUT2D eigenvalue weighted by Crippen LogP contribution is 2.39. The van der Waals surface area contributed by atoms with Crippen LogP contribution in [0.3, 0.4) is 0 Å². The highest BCUT2D eigenvalue weighted by molar-refractivity contribution is 7.09. The number of aliphatic hydroxyl groups is 1. The number of thiophene rings is 1. The Balaban J connectivity index is 1.59. The number of aliphatic hydroxyl groups excluding tert-OH is 1. The van der Waals surface area contributed by atoms with Gasteiger partial charge in [-0.15, -0.1) is 11.3 Å². The van der Waals surface area contributed by atoms with Crippen molar-refractivity contribution in [3.63, 3.8) is 0 Å². The van der Waals surface area contributed by atoms with Crippen LogP contribution in [0.25, 0.3) is 0 Å². The van der Waals surface area contributed by atoms with E-state index in [1.54, 1.807) is 16.2 Å². The van der Waals surface area contributed by atoms with Gasteiger partial charge in [-0.25, -0.2) is 0 Å². The zero-order valence-corrected chi connectivity index (χ0v) is 13.4. The van der Waals surface area contributed by atoms with Crippen molar-refractivity contribution >= 4 is 23.2 Å². The summed E-state index contributed by atoms with van der Waals surface area (Å²) in [7, 11) is 0. The first-order valence-corrected chi connectivity index (χ1v) is 8.72. The minimum atomic E-state index is -0.370. The SMILES string of the molecule is O=C(NCC1(CO)CCC1)C1CCC(=O)N1Cc1cccs1. The average Bonchev–Trinajstić information content (AvgIpc) is 3.10. The Morgan fingerprint density at radius 1 is 1.50 bits per heavy atom. The second-order valence-corrected chi connectivity index (χ2v) is 7.42. The molecule has 1 aliphatic carbocycles. The Labute approximate surface area is 134 Å². The fourth-order valence-electron chi connectivity index (χ4n) is 3.23. The second kappa shape index (κ2) is 6.38. The van der Waals surface area contributed by atoms with Gasteiger partial charge in [0.15, 0.2) is 0 Å². The van der Waals surface area contributed by atoms with Crippen molar-refractivity contribution in [2.75, 3.05) is 13.2 Å². The van der Waals surface area contributed by atoms with Gasteiger partial charge in [0.2, 0.25) is 11.8 Å². The summed E-state index contributed by atoms with van der Waals surface area (Å²) in [6.45, 7) is 1.15. The number of nitrogens with zero attached hydrogens (tertiary/aromatic N) is 1. The van der Waals surface area contributed by atoms with Crippen LogP contribution in [0.15, 0.2) is 17.5 Å². The zero-order chi connectivity index (χ0) is 15.6. The highest BCUT2D eigenvalue weighted by Gasteiger charge is 2.39. The number of nitrogens with one attached hydrogen (secondary N) is 1. The molecule has 0 spiro atoms. The summed E-state index contributed by atoms with van der Waals surface area (Å²) >= 11 is 1.60. The Bertz CT molecular complexity index is 534. The topological polar surface area (TPSA) is 69.6 Å². The van der Waals surface area contributed by atoms with Crippen LogP contribution in [0.2, 0.25) is 0 Å². The van der Waals surface area contributed by atoms with E-state index in [0.717, 1.165) is 24.1 Å². The third-order valence-corrected chi connectivity index (χ3v) is 5.79. The van der Waals surface area contributed by atoms with E-state index in [-0.39, 0.29) is 29.9 Å². The summed E-state index contributed by atoms with van der Waals surface area (Å²) in [6, 6.07) is 3.57. The van der Waals surface area contributed by atoms with Crippen molar-refractivity contribution in [2.45, 2.75) is 44.7 Å². The first-order valence-electron chi connectivity index (χ1n) is 7.84. The van der Waals surface area contributed by atoms with Crippen LogP contribution in [0, 0.1) is 5.41 Å². The van der Waals surface area contributed by atoms with E-state index in [1.807, 2.05) is 17.5 Å². The molecule has 0 bridgehead atoms. The number of likely N-dealkylation sites (tertiary alicyclic amines) is 1. The fraction of sp³-hybridized carbons (Fsp3) is 0.625. The monoisotopic (exact) mass is 322 g/mol. The Hall–Kier alpha value is -1.40. The average molecular weight is 322 g/mol. The molecule has 2 aliphatic rings. The summed E-state index contributed by atoms with van der Waals surface area (Å²) in [5.74, 6) is -0.0313. The van der Waals surface area contributed by atoms with E-state index in [0.29, 0.717) is 25.9 Å².